The Balaban J connectivity index is 0.00000192. The molecule has 0 saturated heterocycles. The zero-order valence-electron chi connectivity index (χ0n) is 23.9. The molecule has 0 bridgehead atoms. The van der Waals surface area contributed by atoms with E-state index in [-0.39, 0.29) is 17.0 Å². The Morgan fingerprint density at radius 1 is 0.659 bits per heavy atom. The lowest BCUT2D eigenvalue weighted by molar-refractivity contribution is -0.697. The van der Waals surface area contributed by atoms with Crippen LogP contribution in [-0.2, 0) is 6.54 Å². The van der Waals surface area contributed by atoms with Crippen molar-refractivity contribution in [2.45, 2.75) is 20.4 Å². The predicted molar refractivity (Wildman–Crippen MR) is 154 cm³/mol. The van der Waals surface area contributed by atoms with E-state index in [2.05, 4.69) is 0 Å². The molecule has 0 unspecified atom stereocenters. The van der Waals surface area contributed by atoms with E-state index in [9.17, 15) is 9.59 Å². The Hall–Kier alpha value is -4.37. The summed E-state index contributed by atoms with van der Waals surface area (Å²) in [5, 5.41) is 0. The Morgan fingerprint density at radius 3 is 1.49 bits per heavy atom. The summed E-state index contributed by atoms with van der Waals surface area (Å²) in [5.41, 5.74) is 1.92. The van der Waals surface area contributed by atoms with E-state index in [1.165, 1.54) is 0 Å². The number of halogens is 1. The average molecular weight is 624 g/mol. The summed E-state index contributed by atoms with van der Waals surface area (Å²) >= 11 is 0. The fraction of sp³-hybridized carbons (Fsp3) is 0.219. The van der Waals surface area contributed by atoms with E-state index in [1.807, 2.05) is 61.9 Å². The smallest absolute Gasteiger partial charge is 0.343 e. The summed E-state index contributed by atoms with van der Waals surface area (Å²) < 4.78 is 23.7. The van der Waals surface area contributed by atoms with Gasteiger partial charge in [-0.3, -0.25) is 0 Å². The van der Waals surface area contributed by atoms with E-state index in [0.717, 1.165) is 5.69 Å². The Labute approximate surface area is 251 Å². The van der Waals surface area contributed by atoms with Crippen LogP contribution >= 0.6 is 0 Å². The van der Waals surface area contributed by atoms with Gasteiger partial charge in [-0.1, -0.05) is 13.8 Å². The monoisotopic (exact) mass is 622 g/mol. The minimum atomic E-state index is -0.504. The van der Waals surface area contributed by atoms with Crippen molar-refractivity contribution in [3.8, 4) is 23.0 Å². The molecule has 0 amide bonds. The van der Waals surface area contributed by atoms with Gasteiger partial charge in [-0.25, -0.2) is 14.2 Å². The molecule has 8 nitrogen and oxygen atoms in total. The molecule has 0 saturated carbocycles. The average Bonchev–Trinajstić information content (AvgIpc) is 2.99. The van der Waals surface area contributed by atoms with Crippen LogP contribution in [0.4, 0.5) is 5.69 Å². The minimum absolute atomic E-state index is 0. The van der Waals surface area contributed by atoms with E-state index in [4.69, 9.17) is 18.9 Å². The van der Waals surface area contributed by atoms with Crippen LogP contribution in [0.2, 0.25) is 0 Å². The molecule has 41 heavy (non-hydrogen) atoms. The maximum atomic E-state index is 12.5. The lowest BCUT2D eigenvalue weighted by Gasteiger charge is -2.10. The van der Waals surface area contributed by atoms with Gasteiger partial charge in [-0.2, -0.15) is 0 Å². The highest BCUT2D eigenvalue weighted by Crippen LogP contribution is 2.21. The lowest BCUT2D eigenvalue weighted by atomic mass is 10.2. The molecule has 0 aliphatic heterocycles. The first-order valence-corrected chi connectivity index (χ1v) is 13.0. The second-order valence-corrected chi connectivity index (χ2v) is 8.54. The molecule has 0 aliphatic carbocycles. The van der Waals surface area contributed by atoms with Crippen LogP contribution in [0.15, 0.2) is 97.3 Å². The van der Waals surface area contributed by atoms with Crippen molar-refractivity contribution in [2.75, 3.05) is 32.7 Å². The van der Waals surface area contributed by atoms with E-state index < -0.39 is 11.9 Å². The zero-order chi connectivity index (χ0) is 28.9. The van der Waals surface area contributed by atoms with Crippen molar-refractivity contribution in [1.82, 2.24) is 0 Å². The van der Waals surface area contributed by atoms with Crippen LogP contribution in [-0.4, -0.2) is 39.8 Å². The molecule has 216 valence electrons. The number of benzene rings is 3. The molecule has 4 rings (SSSR count). The molecular weight excluding hydrogens is 588 g/mol. The number of nitrogens with zero attached hydrogens (tertiary/aromatic N) is 2. The van der Waals surface area contributed by atoms with E-state index >= 15 is 0 Å². The van der Waals surface area contributed by atoms with Crippen molar-refractivity contribution in [3.05, 3.63) is 108 Å². The number of carbonyl (C=O) groups is 2. The van der Waals surface area contributed by atoms with Gasteiger partial charge in [-0.15, -0.1) is 0 Å². The summed E-state index contributed by atoms with van der Waals surface area (Å²) in [7, 11) is 5.56. The Bertz CT molecular complexity index is 1360. The molecule has 0 spiro atoms. The number of aromatic nitrogens is 1. The Kier molecular flexibility index (Phi) is 13.4. The summed E-state index contributed by atoms with van der Waals surface area (Å²) in [5.74, 6) is 0.971. The molecule has 0 aliphatic rings. The molecule has 1 heterocycles. The third-order valence-electron chi connectivity index (χ3n) is 5.67. The van der Waals surface area contributed by atoms with Crippen molar-refractivity contribution in [3.63, 3.8) is 0 Å². The fourth-order valence-corrected chi connectivity index (χ4v) is 3.49. The number of hydrogen-bond donors (Lipinski definition) is 0. The van der Waals surface area contributed by atoms with Gasteiger partial charge in [0.2, 0.25) is 0 Å². The SMILES string of the molecule is CC.COc1ccc(C(=O)Oc2ccc(OC(=O)c3ccc(OCC[n+]4ccc(N(C)C)cc4)cc3)cc2)cc1.[Br-]. The summed E-state index contributed by atoms with van der Waals surface area (Å²) in [6.45, 7) is 5.19. The summed E-state index contributed by atoms with van der Waals surface area (Å²) in [6, 6.07) is 23.7. The third kappa shape index (κ3) is 9.95. The minimum Gasteiger partial charge on any atom is -1.00 e. The normalized spacial score (nSPS) is 9.78. The Morgan fingerprint density at radius 2 is 1.07 bits per heavy atom. The topological polar surface area (TPSA) is 78.2 Å². The fourth-order valence-electron chi connectivity index (χ4n) is 3.49. The number of pyridine rings is 1. The maximum absolute atomic E-state index is 12.5. The molecule has 0 atom stereocenters. The largest absolute Gasteiger partial charge is 1.00 e. The quantitative estimate of drug-likeness (QED) is 0.153. The van der Waals surface area contributed by atoms with Gasteiger partial charge < -0.3 is 40.8 Å². The molecule has 4 aromatic rings. The van der Waals surface area contributed by atoms with Gasteiger partial charge >= 0.3 is 11.9 Å². The molecule has 9 heteroatoms. The zero-order valence-corrected chi connectivity index (χ0v) is 25.5. The van der Waals surface area contributed by atoms with Crippen molar-refractivity contribution >= 4 is 17.6 Å². The van der Waals surface area contributed by atoms with Crippen LogP contribution < -0.4 is 45.4 Å². The van der Waals surface area contributed by atoms with Crippen molar-refractivity contribution in [1.29, 1.82) is 0 Å². The van der Waals surface area contributed by atoms with Crippen LogP contribution in [0.1, 0.15) is 34.6 Å². The van der Waals surface area contributed by atoms with Crippen LogP contribution in [0, 0.1) is 0 Å². The molecule has 0 fully saturated rings. The number of hydrogen-bond acceptors (Lipinski definition) is 7. The highest BCUT2D eigenvalue weighted by molar-refractivity contribution is 5.92. The van der Waals surface area contributed by atoms with Crippen molar-refractivity contribution < 1.29 is 50.1 Å². The van der Waals surface area contributed by atoms with Gasteiger partial charge in [-0.05, 0) is 72.8 Å². The number of rotatable bonds is 10. The number of carbonyl (C=O) groups excluding carboxylic acids is 2. The third-order valence-corrected chi connectivity index (χ3v) is 5.67. The second-order valence-electron chi connectivity index (χ2n) is 8.54. The molecule has 0 radical (unpaired) electrons. The van der Waals surface area contributed by atoms with Gasteiger partial charge in [0.25, 0.3) is 0 Å². The first-order valence-electron chi connectivity index (χ1n) is 13.0. The number of esters is 2. The highest BCUT2D eigenvalue weighted by Gasteiger charge is 2.12. The van der Waals surface area contributed by atoms with Gasteiger partial charge in [0.05, 0.1) is 18.2 Å². The second kappa shape index (κ2) is 16.7. The lowest BCUT2D eigenvalue weighted by Crippen LogP contribution is -3.00. The number of ether oxygens (including phenoxy) is 4. The van der Waals surface area contributed by atoms with Crippen LogP contribution in [0.3, 0.4) is 0 Å². The standard InChI is InChI=1S/C30H29N2O6.C2H6.BrH/c1-31(2)24-16-18-32(19-17-24)20-21-36-26-10-6-23(7-11-26)30(34)38-28-14-12-27(13-15-28)37-29(33)22-4-8-25(35-3)9-5-22;1-2;/h4-19H,20-21H2,1-3H3;1-2H3;1H/q+1;;/p-1. The summed E-state index contributed by atoms with van der Waals surface area (Å²) in [6.07, 6.45) is 4.02. The number of methoxy groups -OCH3 is 1. The first-order chi connectivity index (χ1) is 19.4. The van der Waals surface area contributed by atoms with Gasteiger partial charge in [0.1, 0.15) is 29.6 Å². The molecular formula is C32H35BrN2O6. The number of anilines is 1. The highest BCUT2D eigenvalue weighted by atomic mass is 79.9. The molecule has 0 N–H and O–H groups in total. The van der Waals surface area contributed by atoms with Crippen LogP contribution in [0.25, 0.3) is 0 Å². The van der Waals surface area contributed by atoms with E-state index in [0.29, 0.717) is 47.3 Å². The van der Waals surface area contributed by atoms with Gasteiger partial charge in [0, 0.05) is 31.9 Å². The molecule has 3 aromatic carbocycles. The van der Waals surface area contributed by atoms with Crippen LogP contribution in [0.5, 0.6) is 23.0 Å². The first kappa shape index (κ1) is 32.8. The van der Waals surface area contributed by atoms with E-state index in [1.54, 1.807) is 79.9 Å². The summed E-state index contributed by atoms with van der Waals surface area (Å²) in [4.78, 5) is 26.9. The molecule has 1 aromatic heterocycles. The maximum Gasteiger partial charge on any atom is 0.343 e. The van der Waals surface area contributed by atoms with Crippen molar-refractivity contribution in [2.24, 2.45) is 0 Å². The predicted octanol–water partition coefficient (Wildman–Crippen LogP) is 2.60. The van der Waals surface area contributed by atoms with Gasteiger partial charge in [0.15, 0.2) is 18.9 Å².